The van der Waals surface area contributed by atoms with E-state index in [1.165, 1.54) is 0 Å². The van der Waals surface area contributed by atoms with Crippen LogP contribution in [0.3, 0.4) is 0 Å². The number of hydrogen-bond acceptors (Lipinski definition) is 3. The molecule has 4 heteroatoms. The van der Waals surface area contributed by atoms with E-state index in [0.717, 1.165) is 15.6 Å². The van der Waals surface area contributed by atoms with Gasteiger partial charge >= 0.3 is 0 Å². The van der Waals surface area contributed by atoms with Crippen molar-refractivity contribution >= 4 is 21.7 Å². The molecule has 3 aromatic rings. The quantitative estimate of drug-likeness (QED) is 0.558. The van der Waals surface area contributed by atoms with Crippen LogP contribution in [0.4, 0.5) is 0 Å². The van der Waals surface area contributed by atoms with Crippen LogP contribution in [-0.4, -0.2) is 12.4 Å². The number of hydrogen-bond donors (Lipinski definition) is 0. The number of carbonyl (C=O) groups is 1. The Balaban J connectivity index is 1.63. The molecule has 0 aliphatic heterocycles. The molecule has 0 saturated carbocycles. The number of carbonyl (C=O) groups excluding carboxylic acids is 1. The van der Waals surface area contributed by atoms with Crippen molar-refractivity contribution in [2.45, 2.75) is 0 Å². The van der Waals surface area contributed by atoms with Gasteiger partial charge in [-0.05, 0) is 47.5 Å². The van der Waals surface area contributed by atoms with Crippen molar-refractivity contribution in [2.75, 3.05) is 6.61 Å². The molecule has 0 aliphatic carbocycles. The van der Waals surface area contributed by atoms with Crippen molar-refractivity contribution in [2.24, 2.45) is 0 Å². The summed E-state index contributed by atoms with van der Waals surface area (Å²) in [5.41, 5.74) is 3.31. The third-order valence-corrected chi connectivity index (χ3v) is 4.27. The summed E-state index contributed by atoms with van der Waals surface area (Å²) in [5, 5.41) is 8.84. The fourth-order valence-electron chi connectivity index (χ4n) is 2.35. The summed E-state index contributed by atoms with van der Waals surface area (Å²) in [6, 6.07) is 24.2. The second-order valence-corrected chi connectivity index (χ2v) is 6.35. The van der Waals surface area contributed by atoms with Gasteiger partial charge < -0.3 is 4.74 Å². The maximum atomic E-state index is 12.1. The predicted octanol–water partition coefficient (Wildman–Crippen LogP) is 5.25. The second-order valence-electron chi connectivity index (χ2n) is 5.43. The number of nitriles is 1. The largest absolute Gasteiger partial charge is 0.485 e. The smallest absolute Gasteiger partial charge is 0.200 e. The number of benzene rings is 3. The highest BCUT2D eigenvalue weighted by Crippen LogP contribution is 2.23. The van der Waals surface area contributed by atoms with Gasteiger partial charge in [-0.2, -0.15) is 5.26 Å². The average molecular weight is 392 g/mol. The van der Waals surface area contributed by atoms with Gasteiger partial charge in [0.05, 0.1) is 11.6 Å². The van der Waals surface area contributed by atoms with Crippen LogP contribution in [0.2, 0.25) is 0 Å². The summed E-state index contributed by atoms with van der Waals surface area (Å²) in [6.45, 7) is -0.00214. The van der Waals surface area contributed by atoms with Gasteiger partial charge in [-0.1, -0.05) is 52.3 Å². The molecule has 122 valence electrons. The summed E-state index contributed by atoms with van der Waals surface area (Å²) < 4.78 is 6.51. The van der Waals surface area contributed by atoms with Crippen molar-refractivity contribution in [3.63, 3.8) is 0 Å². The molecule has 3 aromatic carbocycles. The van der Waals surface area contributed by atoms with Crippen LogP contribution in [0.25, 0.3) is 11.1 Å². The van der Waals surface area contributed by atoms with Crippen LogP contribution in [-0.2, 0) is 0 Å². The number of ketones is 1. The Morgan fingerprint density at radius 1 is 0.880 bits per heavy atom. The van der Waals surface area contributed by atoms with Crippen molar-refractivity contribution < 1.29 is 9.53 Å². The highest BCUT2D eigenvalue weighted by molar-refractivity contribution is 9.10. The van der Waals surface area contributed by atoms with E-state index in [2.05, 4.69) is 22.0 Å². The van der Waals surface area contributed by atoms with Crippen LogP contribution in [0.15, 0.2) is 77.3 Å². The standard InChI is InChI=1S/C21H14BrNO2/c22-19-9-5-18(6-10-19)21(24)14-25-20-11-7-17(8-12-20)16-3-1-15(13-23)2-4-16/h1-12H,14H2. The molecule has 0 spiro atoms. The molecule has 0 N–H and O–H groups in total. The SMILES string of the molecule is N#Cc1ccc(-c2ccc(OCC(=O)c3ccc(Br)cc3)cc2)cc1. The summed E-state index contributed by atoms with van der Waals surface area (Å²) in [6.07, 6.45) is 0. The molecule has 0 fully saturated rings. The van der Waals surface area contributed by atoms with Crippen molar-refractivity contribution in [3.05, 3.63) is 88.4 Å². The van der Waals surface area contributed by atoms with Crippen LogP contribution in [0.1, 0.15) is 15.9 Å². The van der Waals surface area contributed by atoms with E-state index in [1.54, 1.807) is 24.3 Å². The maximum Gasteiger partial charge on any atom is 0.200 e. The molecular weight excluding hydrogens is 378 g/mol. The lowest BCUT2D eigenvalue weighted by atomic mass is 10.0. The first-order chi connectivity index (χ1) is 12.2. The zero-order chi connectivity index (χ0) is 17.6. The normalized spacial score (nSPS) is 10.1. The minimum Gasteiger partial charge on any atom is -0.485 e. The fraction of sp³-hybridized carbons (Fsp3) is 0.0476. The summed E-state index contributed by atoms with van der Waals surface area (Å²) in [7, 11) is 0. The number of nitrogens with zero attached hydrogens (tertiary/aromatic N) is 1. The first-order valence-corrected chi connectivity index (χ1v) is 8.47. The number of halogens is 1. The lowest BCUT2D eigenvalue weighted by Gasteiger charge is -2.07. The van der Waals surface area contributed by atoms with Crippen molar-refractivity contribution in [3.8, 4) is 22.9 Å². The Labute approximate surface area is 154 Å². The van der Waals surface area contributed by atoms with E-state index in [9.17, 15) is 4.79 Å². The molecular formula is C21H14BrNO2. The van der Waals surface area contributed by atoms with E-state index < -0.39 is 0 Å². The van der Waals surface area contributed by atoms with Crippen LogP contribution < -0.4 is 4.74 Å². The first kappa shape index (κ1) is 16.9. The third kappa shape index (κ3) is 4.34. The summed E-state index contributed by atoms with van der Waals surface area (Å²) >= 11 is 3.35. The topological polar surface area (TPSA) is 50.1 Å². The Bertz CT molecular complexity index is 908. The van der Waals surface area contributed by atoms with E-state index >= 15 is 0 Å². The molecule has 3 rings (SSSR count). The van der Waals surface area contributed by atoms with E-state index in [4.69, 9.17) is 10.00 Å². The molecule has 0 unspecified atom stereocenters. The van der Waals surface area contributed by atoms with Gasteiger partial charge in [0.1, 0.15) is 5.75 Å². The molecule has 0 heterocycles. The van der Waals surface area contributed by atoms with Gasteiger partial charge in [-0.25, -0.2) is 0 Å². The zero-order valence-electron chi connectivity index (χ0n) is 13.3. The lowest BCUT2D eigenvalue weighted by Crippen LogP contribution is -2.11. The van der Waals surface area contributed by atoms with Crippen LogP contribution in [0, 0.1) is 11.3 Å². The van der Waals surface area contributed by atoms with E-state index in [1.807, 2.05) is 48.5 Å². The van der Waals surface area contributed by atoms with E-state index in [-0.39, 0.29) is 12.4 Å². The van der Waals surface area contributed by atoms with E-state index in [0.29, 0.717) is 16.9 Å². The van der Waals surface area contributed by atoms with Gasteiger partial charge in [0.25, 0.3) is 0 Å². The highest BCUT2D eigenvalue weighted by Gasteiger charge is 2.07. The number of ether oxygens (including phenoxy) is 1. The molecule has 0 amide bonds. The Hall–Kier alpha value is -2.90. The van der Waals surface area contributed by atoms with Gasteiger partial charge in [-0.3, -0.25) is 4.79 Å². The highest BCUT2D eigenvalue weighted by atomic mass is 79.9. The fourth-order valence-corrected chi connectivity index (χ4v) is 2.61. The van der Waals surface area contributed by atoms with Gasteiger partial charge in [0, 0.05) is 10.0 Å². The van der Waals surface area contributed by atoms with Crippen molar-refractivity contribution in [1.29, 1.82) is 5.26 Å². The molecule has 25 heavy (non-hydrogen) atoms. The average Bonchev–Trinajstić information content (AvgIpc) is 2.67. The third-order valence-electron chi connectivity index (χ3n) is 3.74. The Kier molecular flexibility index (Phi) is 5.27. The number of rotatable bonds is 5. The zero-order valence-corrected chi connectivity index (χ0v) is 14.9. The van der Waals surface area contributed by atoms with Crippen LogP contribution in [0.5, 0.6) is 5.75 Å². The van der Waals surface area contributed by atoms with Gasteiger partial charge in [0.2, 0.25) is 0 Å². The molecule has 0 saturated heterocycles. The molecule has 0 radical (unpaired) electrons. The maximum absolute atomic E-state index is 12.1. The van der Waals surface area contributed by atoms with Gasteiger partial charge in [-0.15, -0.1) is 0 Å². The first-order valence-electron chi connectivity index (χ1n) is 7.68. The van der Waals surface area contributed by atoms with Crippen molar-refractivity contribution in [1.82, 2.24) is 0 Å². The Morgan fingerprint density at radius 2 is 1.44 bits per heavy atom. The second kappa shape index (κ2) is 7.78. The minimum absolute atomic E-state index is 0.00214. The predicted molar refractivity (Wildman–Crippen MR) is 101 cm³/mol. The van der Waals surface area contributed by atoms with Gasteiger partial charge in [0.15, 0.2) is 12.4 Å². The summed E-state index contributed by atoms with van der Waals surface area (Å²) in [4.78, 5) is 12.1. The lowest BCUT2D eigenvalue weighted by molar-refractivity contribution is 0.0921. The number of Topliss-reactive ketones (excluding diaryl/α,β-unsaturated/α-hetero) is 1. The monoisotopic (exact) mass is 391 g/mol. The molecule has 0 bridgehead atoms. The Morgan fingerprint density at radius 3 is 2.00 bits per heavy atom. The molecule has 0 aliphatic rings. The molecule has 0 atom stereocenters. The van der Waals surface area contributed by atoms with Crippen LogP contribution >= 0.6 is 15.9 Å². The minimum atomic E-state index is -0.0660. The molecule has 0 aromatic heterocycles. The summed E-state index contributed by atoms with van der Waals surface area (Å²) in [5.74, 6) is 0.575. The molecule has 3 nitrogen and oxygen atoms in total.